The largest absolute Gasteiger partial charge is 0.380 e. The molecular weight excluding hydrogens is 214 g/mol. The molecule has 0 aliphatic heterocycles. The van der Waals surface area contributed by atoms with Crippen LogP contribution >= 0.6 is 0 Å². The molecule has 1 N–H and O–H groups in total. The van der Waals surface area contributed by atoms with Crippen molar-refractivity contribution in [1.82, 2.24) is 9.97 Å². The Kier molecular flexibility index (Phi) is 4.05. The zero-order chi connectivity index (χ0) is 11.9. The van der Waals surface area contributed by atoms with Gasteiger partial charge < -0.3 is 10.1 Å². The van der Waals surface area contributed by atoms with E-state index in [1.165, 1.54) is 0 Å². The third-order valence-corrected chi connectivity index (χ3v) is 2.35. The normalized spacial score (nSPS) is 10.2. The van der Waals surface area contributed by atoms with Crippen LogP contribution in [0, 0.1) is 0 Å². The van der Waals surface area contributed by atoms with Crippen LogP contribution in [0.25, 0.3) is 0 Å². The molecule has 0 bridgehead atoms. The summed E-state index contributed by atoms with van der Waals surface area (Å²) in [6, 6.07) is 10.0. The zero-order valence-corrected chi connectivity index (χ0v) is 9.76. The summed E-state index contributed by atoms with van der Waals surface area (Å²) in [7, 11) is 1.70. The molecule has 0 unspecified atom stereocenters. The van der Waals surface area contributed by atoms with Crippen molar-refractivity contribution in [3.63, 3.8) is 0 Å². The molecule has 0 aliphatic carbocycles. The number of anilines is 1. The highest BCUT2D eigenvalue weighted by Gasteiger charge is 1.96. The molecule has 1 heterocycles. The lowest BCUT2D eigenvalue weighted by Gasteiger charge is -2.07. The van der Waals surface area contributed by atoms with E-state index < -0.39 is 0 Å². The van der Waals surface area contributed by atoms with Crippen molar-refractivity contribution in [2.24, 2.45) is 0 Å². The van der Waals surface area contributed by atoms with Crippen LogP contribution in [-0.2, 0) is 17.9 Å². The molecule has 2 aromatic rings. The molecule has 0 spiro atoms. The molecule has 2 rings (SSSR count). The summed E-state index contributed by atoms with van der Waals surface area (Å²) in [4.78, 5) is 8.04. The minimum atomic E-state index is 0.628. The Bertz CT molecular complexity index is 459. The van der Waals surface area contributed by atoms with Crippen molar-refractivity contribution in [2.45, 2.75) is 13.2 Å². The van der Waals surface area contributed by atoms with Gasteiger partial charge in [-0.05, 0) is 23.8 Å². The lowest BCUT2D eigenvalue weighted by atomic mass is 10.2. The molecule has 88 valence electrons. The first-order valence-electron chi connectivity index (χ1n) is 5.45. The van der Waals surface area contributed by atoms with Crippen molar-refractivity contribution < 1.29 is 4.74 Å². The van der Waals surface area contributed by atoms with Crippen LogP contribution in [0.15, 0.2) is 42.9 Å². The fourth-order valence-corrected chi connectivity index (χ4v) is 1.55. The summed E-state index contributed by atoms with van der Waals surface area (Å²) in [5, 5.41) is 3.31. The van der Waals surface area contributed by atoms with Gasteiger partial charge in [0, 0.05) is 19.0 Å². The number of rotatable bonds is 5. The van der Waals surface area contributed by atoms with E-state index in [4.69, 9.17) is 4.74 Å². The minimum absolute atomic E-state index is 0.628. The Labute approximate surface area is 101 Å². The summed E-state index contributed by atoms with van der Waals surface area (Å²) in [6.07, 6.45) is 3.30. The van der Waals surface area contributed by atoms with Gasteiger partial charge in [0.15, 0.2) is 0 Å². The molecule has 0 radical (unpaired) electrons. The fourth-order valence-electron chi connectivity index (χ4n) is 1.55. The average Bonchev–Trinajstić information content (AvgIpc) is 2.39. The van der Waals surface area contributed by atoms with Gasteiger partial charge in [0.05, 0.1) is 18.8 Å². The molecule has 4 heteroatoms. The molecule has 1 aromatic heterocycles. The van der Waals surface area contributed by atoms with Crippen molar-refractivity contribution in [2.75, 3.05) is 12.4 Å². The Balaban J connectivity index is 1.97. The molecule has 17 heavy (non-hydrogen) atoms. The van der Waals surface area contributed by atoms with Gasteiger partial charge in [0.2, 0.25) is 0 Å². The van der Waals surface area contributed by atoms with Crippen molar-refractivity contribution in [3.05, 3.63) is 54.1 Å². The predicted octanol–water partition coefficient (Wildman–Crippen LogP) is 2.24. The van der Waals surface area contributed by atoms with E-state index in [0.717, 1.165) is 16.9 Å². The summed E-state index contributed by atoms with van der Waals surface area (Å²) < 4.78 is 5.10. The lowest BCUT2D eigenvalue weighted by Crippen LogP contribution is -2.02. The van der Waals surface area contributed by atoms with Gasteiger partial charge in [-0.2, -0.15) is 0 Å². The fraction of sp³-hybridized carbons (Fsp3) is 0.231. The summed E-state index contributed by atoms with van der Waals surface area (Å²) in [6.45, 7) is 1.32. The van der Waals surface area contributed by atoms with Gasteiger partial charge in [-0.15, -0.1) is 0 Å². The third kappa shape index (κ3) is 3.53. The zero-order valence-electron chi connectivity index (χ0n) is 9.76. The molecule has 0 aliphatic rings. The first kappa shape index (κ1) is 11.5. The molecule has 1 aromatic carbocycles. The molecule has 0 saturated heterocycles. The van der Waals surface area contributed by atoms with E-state index >= 15 is 0 Å². The van der Waals surface area contributed by atoms with E-state index in [1.807, 2.05) is 24.3 Å². The third-order valence-electron chi connectivity index (χ3n) is 2.35. The van der Waals surface area contributed by atoms with Crippen LogP contribution in [0.2, 0.25) is 0 Å². The van der Waals surface area contributed by atoms with Crippen LogP contribution in [0.4, 0.5) is 5.69 Å². The van der Waals surface area contributed by atoms with Crippen molar-refractivity contribution in [1.29, 1.82) is 0 Å². The standard InChI is InChI=1S/C13H15N3O/c1-17-9-11-3-2-4-12(7-11)15-8-13-5-6-14-10-16-13/h2-7,10,15H,8-9H2,1H3. The van der Waals surface area contributed by atoms with Crippen molar-refractivity contribution in [3.8, 4) is 0 Å². The molecule has 4 nitrogen and oxygen atoms in total. The maximum atomic E-state index is 5.10. The second kappa shape index (κ2) is 5.96. The highest BCUT2D eigenvalue weighted by Crippen LogP contribution is 2.12. The number of nitrogens with zero attached hydrogens (tertiary/aromatic N) is 2. The number of aromatic nitrogens is 2. The number of benzene rings is 1. The van der Waals surface area contributed by atoms with Crippen molar-refractivity contribution >= 4 is 5.69 Å². The van der Waals surface area contributed by atoms with Crippen LogP contribution in [0.5, 0.6) is 0 Å². The molecule has 0 atom stereocenters. The van der Waals surface area contributed by atoms with E-state index in [-0.39, 0.29) is 0 Å². The first-order chi connectivity index (χ1) is 8.38. The van der Waals surface area contributed by atoms with Gasteiger partial charge in [0.1, 0.15) is 6.33 Å². The van der Waals surface area contributed by atoms with Gasteiger partial charge >= 0.3 is 0 Å². The van der Waals surface area contributed by atoms with E-state index in [9.17, 15) is 0 Å². The van der Waals surface area contributed by atoms with Gasteiger partial charge in [-0.1, -0.05) is 12.1 Å². The number of hydrogen-bond donors (Lipinski definition) is 1. The summed E-state index contributed by atoms with van der Waals surface area (Å²) in [5.41, 5.74) is 3.19. The van der Waals surface area contributed by atoms with E-state index in [1.54, 1.807) is 19.6 Å². The van der Waals surface area contributed by atoms with Crippen LogP contribution in [-0.4, -0.2) is 17.1 Å². The maximum absolute atomic E-state index is 5.10. The Morgan fingerprint density at radius 1 is 1.29 bits per heavy atom. The highest BCUT2D eigenvalue weighted by molar-refractivity contribution is 5.45. The van der Waals surface area contributed by atoms with Gasteiger partial charge in [-0.3, -0.25) is 0 Å². The maximum Gasteiger partial charge on any atom is 0.115 e. The Hall–Kier alpha value is -1.94. The van der Waals surface area contributed by atoms with Gasteiger partial charge in [0.25, 0.3) is 0 Å². The monoisotopic (exact) mass is 229 g/mol. The number of nitrogens with one attached hydrogen (secondary N) is 1. The topological polar surface area (TPSA) is 47.0 Å². The van der Waals surface area contributed by atoms with Crippen LogP contribution in [0.1, 0.15) is 11.3 Å². The second-order valence-electron chi connectivity index (χ2n) is 3.69. The Morgan fingerprint density at radius 3 is 3.00 bits per heavy atom. The van der Waals surface area contributed by atoms with Crippen LogP contribution in [0.3, 0.4) is 0 Å². The second-order valence-corrected chi connectivity index (χ2v) is 3.69. The number of hydrogen-bond acceptors (Lipinski definition) is 4. The Morgan fingerprint density at radius 2 is 2.24 bits per heavy atom. The SMILES string of the molecule is COCc1cccc(NCc2ccncn2)c1. The summed E-state index contributed by atoms with van der Waals surface area (Å²) in [5.74, 6) is 0. The highest BCUT2D eigenvalue weighted by atomic mass is 16.5. The molecule has 0 fully saturated rings. The van der Waals surface area contributed by atoms with E-state index in [0.29, 0.717) is 13.2 Å². The molecule has 0 amide bonds. The number of ether oxygens (including phenoxy) is 1. The molecule has 0 saturated carbocycles. The quantitative estimate of drug-likeness (QED) is 0.854. The smallest absolute Gasteiger partial charge is 0.115 e. The molecular formula is C13H15N3O. The minimum Gasteiger partial charge on any atom is -0.380 e. The van der Waals surface area contributed by atoms with E-state index in [2.05, 4.69) is 21.4 Å². The summed E-state index contributed by atoms with van der Waals surface area (Å²) >= 11 is 0. The number of methoxy groups -OCH3 is 1. The predicted molar refractivity (Wildman–Crippen MR) is 66.5 cm³/mol. The average molecular weight is 229 g/mol. The first-order valence-corrected chi connectivity index (χ1v) is 5.45. The van der Waals surface area contributed by atoms with Gasteiger partial charge in [-0.25, -0.2) is 9.97 Å². The lowest BCUT2D eigenvalue weighted by molar-refractivity contribution is 0.185. The van der Waals surface area contributed by atoms with Crippen LogP contribution < -0.4 is 5.32 Å².